The Hall–Kier alpha value is -0.730. The first-order valence-electron chi connectivity index (χ1n) is 4.96. The number of rotatable bonds is 3. The van der Waals surface area contributed by atoms with Gasteiger partial charge in [0.1, 0.15) is 5.38 Å². The second-order valence-corrected chi connectivity index (χ2v) is 6.73. The molecule has 2 unspecified atom stereocenters. The van der Waals surface area contributed by atoms with E-state index >= 15 is 0 Å². The molecule has 1 aliphatic heterocycles. The number of nitrogens with zero attached hydrogens (tertiary/aromatic N) is 1. The maximum atomic E-state index is 11.7. The molecule has 1 fully saturated rings. The van der Waals surface area contributed by atoms with Crippen LogP contribution in [0, 0.1) is 12.3 Å². The minimum Gasteiger partial charge on any atom is -0.326 e. The fourth-order valence-electron chi connectivity index (χ4n) is 1.74. The summed E-state index contributed by atoms with van der Waals surface area (Å²) in [4.78, 5) is 13.1. The van der Waals surface area contributed by atoms with Gasteiger partial charge in [0.25, 0.3) is 0 Å². The van der Waals surface area contributed by atoms with Gasteiger partial charge in [-0.2, -0.15) is 0 Å². The number of amides is 1. The summed E-state index contributed by atoms with van der Waals surface area (Å²) >= 11 is 5.70. The van der Waals surface area contributed by atoms with Crippen LogP contribution in [0.1, 0.15) is 13.3 Å². The molecule has 0 aromatic rings. The topological polar surface area (TPSA) is 54.5 Å². The van der Waals surface area contributed by atoms with Gasteiger partial charge in [0, 0.05) is 6.04 Å². The van der Waals surface area contributed by atoms with Gasteiger partial charge in [0.2, 0.25) is 5.91 Å². The Kier molecular flexibility index (Phi) is 4.22. The SMILES string of the molecule is C#CCN(C(=O)C(C)Cl)C1CCS(=O)(=O)C1. The molecule has 6 heteroatoms. The third-order valence-corrected chi connectivity index (χ3v) is 4.47. The zero-order valence-corrected chi connectivity index (χ0v) is 10.6. The largest absolute Gasteiger partial charge is 0.326 e. The van der Waals surface area contributed by atoms with Crippen LogP contribution in [0.4, 0.5) is 0 Å². The molecule has 2 atom stereocenters. The van der Waals surface area contributed by atoms with E-state index in [2.05, 4.69) is 5.92 Å². The Bertz CT molecular complexity index is 410. The molecular weight excluding hydrogens is 250 g/mol. The van der Waals surface area contributed by atoms with Crippen LogP contribution in [0.15, 0.2) is 0 Å². The van der Waals surface area contributed by atoms with E-state index in [0.717, 1.165) is 0 Å². The summed E-state index contributed by atoms with van der Waals surface area (Å²) in [5.74, 6) is 2.16. The van der Waals surface area contributed by atoms with E-state index in [9.17, 15) is 13.2 Å². The van der Waals surface area contributed by atoms with Gasteiger partial charge in [0.15, 0.2) is 9.84 Å². The summed E-state index contributed by atoms with van der Waals surface area (Å²) in [6.07, 6.45) is 5.61. The van der Waals surface area contributed by atoms with Crippen LogP contribution in [0.2, 0.25) is 0 Å². The average Bonchev–Trinajstić information content (AvgIpc) is 2.54. The third kappa shape index (κ3) is 3.13. The molecule has 90 valence electrons. The summed E-state index contributed by atoms with van der Waals surface area (Å²) in [6, 6.07) is -0.324. The summed E-state index contributed by atoms with van der Waals surface area (Å²) in [7, 11) is -3.02. The Labute approximate surface area is 101 Å². The lowest BCUT2D eigenvalue weighted by Crippen LogP contribution is -2.44. The molecule has 4 nitrogen and oxygen atoms in total. The molecule has 1 saturated heterocycles. The lowest BCUT2D eigenvalue weighted by atomic mass is 10.2. The van der Waals surface area contributed by atoms with Gasteiger partial charge in [0.05, 0.1) is 18.1 Å². The summed E-state index contributed by atoms with van der Waals surface area (Å²) < 4.78 is 22.6. The van der Waals surface area contributed by atoms with Gasteiger partial charge in [-0.25, -0.2) is 8.42 Å². The zero-order valence-electron chi connectivity index (χ0n) is 9.02. The Morgan fingerprint density at radius 2 is 2.31 bits per heavy atom. The standard InChI is InChI=1S/C10H14ClNO3S/c1-3-5-12(10(13)8(2)11)9-4-6-16(14,15)7-9/h1,8-9H,4-7H2,2H3. The summed E-state index contributed by atoms with van der Waals surface area (Å²) in [6.45, 7) is 1.66. The lowest BCUT2D eigenvalue weighted by molar-refractivity contribution is -0.131. The highest BCUT2D eigenvalue weighted by Gasteiger charge is 2.35. The highest BCUT2D eigenvalue weighted by atomic mass is 35.5. The van der Waals surface area contributed by atoms with Crippen LogP contribution in [-0.4, -0.2) is 48.7 Å². The number of alkyl halides is 1. The van der Waals surface area contributed by atoms with Crippen molar-refractivity contribution in [2.24, 2.45) is 0 Å². The molecule has 0 saturated carbocycles. The molecule has 0 bridgehead atoms. The predicted molar refractivity (Wildman–Crippen MR) is 62.9 cm³/mol. The van der Waals surface area contributed by atoms with Gasteiger partial charge in [-0.05, 0) is 13.3 Å². The molecule has 0 aromatic carbocycles. The van der Waals surface area contributed by atoms with Gasteiger partial charge >= 0.3 is 0 Å². The molecule has 1 amide bonds. The van der Waals surface area contributed by atoms with Gasteiger partial charge in [-0.1, -0.05) is 5.92 Å². The van der Waals surface area contributed by atoms with Crippen molar-refractivity contribution >= 4 is 27.3 Å². The van der Waals surface area contributed by atoms with Crippen LogP contribution < -0.4 is 0 Å². The second-order valence-electron chi connectivity index (χ2n) is 3.84. The van der Waals surface area contributed by atoms with Crippen molar-refractivity contribution in [1.29, 1.82) is 0 Å². The molecule has 1 heterocycles. The van der Waals surface area contributed by atoms with Crippen LogP contribution >= 0.6 is 11.6 Å². The molecule has 1 rings (SSSR count). The highest BCUT2D eigenvalue weighted by Crippen LogP contribution is 2.19. The van der Waals surface area contributed by atoms with Gasteiger partial charge < -0.3 is 4.90 Å². The second kappa shape index (κ2) is 5.07. The van der Waals surface area contributed by atoms with Gasteiger partial charge in [-0.3, -0.25) is 4.79 Å². The zero-order chi connectivity index (χ0) is 12.3. The number of halogens is 1. The molecular formula is C10H14ClNO3S. The highest BCUT2D eigenvalue weighted by molar-refractivity contribution is 7.91. The van der Waals surface area contributed by atoms with E-state index in [-0.39, 0.29) is 30.0 Å². The average molecular weight is 264 g/mol. The number of carbonyl (C=O) groups excluding carboxylic acids is 1. The molecule has 0 N–H and O–H groups in total. The van der Waals surface area contributed by atoms with Crippen molar-refractivity contribution in [3.63, 3.8) is 0 Å². The molecule has 1 aliphatic rings. The molecule has 0 aliphatic carbocycles. The van der Waals surface area contributed by atoms with E-state index < -0.39 is 15.2 Å². The Morgan fingerprint density at radius 1 is 1.69 bits per heavy atom. The first-order valence-corrected chi connectivity index (χ1v) is 7.21. The van der Waals surface area contributed by atoms with E-state index in [0.29, 0.717) is 6.42 Å². The van der Waals surface area contributed by atoms with Crippen LogP contribution in [0.5, 0.6) is 0 Å². The number of hydrogen-bond acceptors (Lipinski definition) is 3. The Balaban J connectivity index is 2.80. The molecule has 0 aromatic heterocycles. The monoisotopic (exact) mass is 263 g/mol. The van der Waals surface area contributed by atoms with E-state index in [1.807, 2.05) is 0 Å². The van der Waals surface area contributed by atoms with Crippen molar-refractivity contribution in [3.8, 4) is 12.3 Å². The minimum absolute atomic E-state index is 0.00989. The van der Waals surface area contributed by atoms with Crippen molar-refractivity contribution in [1.82, 2.24) is 4.90 Å². The summed E-state index contributed by atoms with van der Waals surface area (Å²) in [5.41, 5.74) is 0. The van der Waals surface area contributed by atoms with E-state index in [4.69, 9.17) is 18.0 Å². The van der Waals surface area contributed by atoms with Crippen molar-refractivity contribution < 1.29 is 13.2 Å². The summed E-state index contributed by atoms with van der Waals surface area (Å²) in [5, 5.41) is -0.684. The first-order chi connectivity index (χ1) is 7.37. The number of terminal acetylenes is 1. The molecule has 16 heavy (non-hydrogen) atoms. The lowest BCUT2D eigenvalue weighted by Gasteiger charge is -2.27. The van der Waals surface area contributed by atoms with E-state index in [1.54, 1.807) is 6.92 Å². The number of carbonyl (C=O) groups is 1. The van der Waals surface area contributed by atoms with Crippen molar-refractivity contribution in [3.05, 3.63) is 0 Å². The van der Waals surface area contributed by atoms with Gasteiger partial charge in [-0.15, -0.1) is 18.0 Å². The predicted octanol–water partition coefficient (Wildman–Crippen LogP) is 0.263. The number of sulfone groups is 1. The quantitative estimate of drug-likeness (QED) is 0.542. The van der Waals surface area contributed by atoms with Crippen LogP contribution in [0.25, 0.3) is 0 Å². The fourth-order valence-corrected chi connectivity index (χ4v) is 3.59. The normalized spacial score (nSPS) is 24.7. The molecule has 0 radical (unpaired) electrons. The number of hydrogen-bond donors (Lipinski definition) is 0. The van der Waals surface area contributed by atoms with Crippen molar-refractivity contribution in [2.45, 2.75) is 24.8 Å². The maximum Gasteiger partial charge on any atom is 0.241 e. The minimum atomic E-state index is -3.02. The van der Waals surface area contributed by atoms with Crippen molar-refractivity contribution in [2.75, 3.05) is 18.1 Å². The third-order valence-electron chi connectivity index (χ3n) is 2.53. The van der Waals surface area contributed by atoms with E-state index in [1.165, 1.54) is 4.90 Å². The maximum absolute atomic E-state index is 11.7. The van der Waals surface area contributed by atoms with Crippen LogP contribution in [-0.2, 0) is 14.6 Å². The Morgan fingerprint density at radius 3 is 2.69 bits per heavy atom. The fraction of sp³-hybridized carbons (Fsp3) is 0.700. The first kappa shape index (κ1) is 13.3. The smallest absolute Gasteiger partial charge is 0.241 e. The van der Waals surface area contributed by atoms with Crippen LogP contribution in [0.3, 0.4) is 0 Å². The molecule has 0 spiro atoms.